The molecule has 1 atom stereocenters. The van der Waals surface area contributed by atoms with Crippen molar-refractivity contribution in [1.29, 1.82) is 0 Å². The average molecular weight is 290 g/mol. The van der Waals surface area contributed by atoms with Crippen LogP contribution in [-0.4, -0.2) is 35.0 Å². The molecule has 1 amide bonds. The Bertz CT molecular complexity index is 556. The summed E-state index contributed by atoms with van der Waals surface area (Å²) in [7, 11) is 0. The van der Waals surface area contributed by atoms with Crippen LogP contribution >= 0.6 is 0 Å². The van der Waals surface area contributed by atoms with Crippen molar-refractivity contribution in [2.75, 3.05) is 18.8 Å². The highest BCUT2D eigenvalue weighted by atomic mass is 16.4. The lowest BCUT2D eigenvalue weighted by Crippen LogP contribution is -2.41. The Balaban J connectivity index is 2.07. The number of nitrogens with two attached hydrogens (primary N) is 1. The molecule has 0 aliphatic carbocycles. The number of benzene rings is 1. The zero-order chi connectivity index (χ0) is 15.6. The highest BCUT2D eigenvalue weighted by Gasteiger charge is 2.48. The Morgan fingerprint density at radius 2 is 2.14 bits per heavy atom. The number of carboxylic acids is 1. The van der Waals surface area contributed by atoms with Gasteiger partial charge in [-0.3, -0.25) is 9.59 Å². The summed E-state index contributed by atoms with van der Waals surface area (Å²) in [6.07, 6.45) is 0.779. The van der Waals surface area contributed by atoms with E-state index in [0.717, 1.165) is 5.56 Å². The molecule has 21 heavy (non-hydrogen) atoms. The largest absolute Gasteiger partial charge is 0.481 e. The minimum Gasteiger partial charge on any atom is -0.481 e. The minimum absolute atomic E-state index is 0.000157. The molecule has 1 aliphatic rings. The van der Waals surface area contributed by atoms with E-state index in [4.69, 9.17) is 5.73 Å². The topological polar surface area (TPSA) is 83.6 Å². The summed E-state index contributed by atoms with van der Waals surface area (Å²) in [5.74, 6) is -0.846. The van der Waals surface area contributed by atoms with Crippen LogP contribution in [0, 0.1) is 11.3 Å². The highest BCUT2D eigenvalue weighted by molar-refractivity contribution is 5.82. The second kappa shape index (κ2) is 5.76. The first kappa shape index (κ1) is 15.4. The fourth-order valence-electron chi connectivity index (χ4n) is 2.93. The Morgan fingerprint density at radius 3 is 2.67 bits per heavy atom. The number of rotatable bonds is 4. The van der Waals surface area contributed by atoms with Crippen molar-refractivity contribution in [1.82, 2.24) is 4.90 Å². The lowest BCUT2D eigenvalue weighted by Gasteiger charge is -2.28. The number of nitrogens with zero attached hydrogens (tertiary/aromatic N) is 1. The second-order valence-corrected chi connectivity index (χ2v) is 6.10. The van der Waals surface area contributed by atoms with Crippen molar-refractivity contribution in [3.05, 3.63) is 29.8 Å². The van der Waals surface area contributed by atoms with E-state index in [1.165, 1.54) is 0 Å². The van der Waals surface area contributed by atoms with Gasteiger partial charge in [0.1, 0.15) is 0 Å². The molecule has 1 unspecified atom stereocenters. The first-order chi connectivity index (χ1) is 9.85. The monoisotopic (exact) mass is 290 g/mol. The molecule has 0 radical (unpaired) electrons. The van der Waals surface area contributed by atoms with Crippen LogP contribution in [0.3, 0.4) is 0 Å². The van der Waals surface area contributed by atoms with Crippen molar-refractivity contribution in [3.8, 4) is 0 Å². The van der Waals surface area contributed by atoms with Gasteiger partial charge in [-0.25, -0.2) is 0 Å². The van der Waals surface area contributed by atoms with Gasteiger partial charge in [0.25, 0.3) is 0 Å². The van der Waals surface area contributed by atoms with Crippen LogP contribution in [0.5, 0.6) is 0 Å². The number of nitrogen functional groups attached to an aromatic ring is 1. The number of anilines is 1. The van der Waals surface area contributed by atoms with Gasteiger partial charge in [0, 0.05) is 18.8 Å². The Morgan fingerprint density at radius 1 is 1.43 bits per heavy atom. The number of carbonyl (C=O) groups is 2. The molecule has 1 fully saturated rings. The number of aliphatic carboxylic acids is 1. The Hall–Kier alpha value is -2.04. The van der Waals surface area contributed by atoms with Gasteiger partial charge in [-0.15, -0.1) is 0 Å². The molecule has 1 aromatic carbocycles. The van der Waals surface area contributed by atoms with Gasteiger partial charge in [-0.2, -0.15) is 0 Å². The quantitative estimate of drug-likeness (QED) is 0.828. The molecule has 2 rings (SSSR count). The van der Waals surface area contributed by atoms with E-state index in [1.807, 2.05) is 26.0 Å². The van der Waals surface area contributed by atoms with Crippen LogP contribution in [0.25, 0.3) is 0 Å². The molecule has 0 saturated carbocycles. The maximum absolute atomic E-state index is 12.4. The molecule has 0 spiro atoms. The van der Waals surface area contributed by atoms with Crippen molar-refractivity contribution >= 4 is 17.6 Å². The molecular formula is C16H22N2O3. The molecule has 3 N–H and O–H groups in total. The molecule has 1 aromatic rings. The Kier molecular flexibility index (Phi) is 4.21. The predicted molar refractivity (Wildman–Crippen MR) is 80.7 cm³/mol. The van der Waals surface area contributed by atoms with Crippen LogP contribution in [0.4, 0.5) is 5.69 Å². The van der Waals surface area contributed by atoms with Gasteiger partial charge in [0.15, 0.2) is 0 Å². The predicted octanol–water partition coefficient (Wildman–Crippen LogP) is 1.77. The summed E-state index contributed by atoms with van der Waals surface area (Å²) in [6.45, 7) is 4.60. The fourth-order valence-corrected chi connectivity index (χ4v) is 2.93. The number of amides is 1. The van der Waals surface area contributed by atoms with Crippen molar-refractivity contribution in [2.45, 2.75) is 26.7 Å². The number of hydrogen-bond donors (Lipinski definition) is 2. The molecule has 1 heterocycles. The van der Waals surface area contributed by atoms with E-state index in [1.54, 1.807) is 17.0 Å². The molecule has 1 saturated heterocycles. The SMILES string of the molecule is CC(C)C1(C(=O)O)CCN(C(=O)Cc2cccc(N)c2)C1. The molecule has 1 aliphatic heterocycles. The highest BCUT2D eigenvalue weighted by Crippen LogP contribution is 2.38. The van der Waals surface area contributed by atoms with Crippen molar-refractivity contribution in [2.24, 2.45) is 11.3 Å². The zero-order valence-corrected chi connectivity index (χ0v) is 12.5. The zero-order valence-electron chi connectivity index (χ0n) is 12.5. The number of likely N-dealkylation sites (tertiary alicyclic amines) is 1. The van der Waals surface area contributed by atoms with Gasteiger partial charge in [-0.05, 0) is 30.0 Å². The summed E-state index contributed by atoms with van der Waals surface area (Å²) in [5.41, 5.74) is 6.38. The van der Waals surface area contributed by atoms with Gasteiger partial charge >= 0.3 is 5.97 Å². The van der Waals surface area contributed by atoms with E-state index in [2.05, 4.69) is 0 Å². The third-order valence-electron chi connectivity index (χ3n) is 4.49. The number of carbonyl (C=O) groups excluding carboxylic acids is 1. The maximum Gasteiger partial charge on any atom is 0.311 e. The maximum atomic E-state index is 12.4. The molecule has 5 nitrogen and oxygen atoms in total. The van der Waals surface area contributed by atoms with E-state index in [9.17, 15) is 14.7 Å². The molecule has 5 heteroatoms. The molecular weight excluding hydrogens is 268 g/mol. The van der Waals surface area contributed by atoms with Gasteiger partial charge in [0.05, 0.1) is 11.8 Å². The number of hydrogen-bond acceptors (Lipinski definition) is 3. The summed E-state index contributed by atoms with van der Waals surface area (Å²) in [5, 5.41) is 9.51. The van der Waals surface area contributed by atoms with Gasteiger partial charge in [-0.1, -0.05) is 26.0 Å². The van der Waals surface area contributed by atoms with E-state index in [0.29, 0.717) is 25.2 Å². The third-order valence-corrected chi connectivity index (χ3v) is 4.49. The normalized spacial score (nSPS) is 21.8. The lowest BCUT2D eigenvalue weighted by atomic mass is 9.76. The standard InChI is InChI=1S/C16H22N2O3/c1-11(2)16(15(20)21)6-7-18(10-16)14(19)9-12-4-3-5-13(17)8-12/h3-5,8,11H,6-7,9-10,17H2,1-2H3,(H,20,21). The molecule has 114 valence electrons. The fraction of sp³-hybridized carbons (Fsp3) is 0.500. The minimum atomic E-state index is -0.814. The van der Waals surface area contributed by atoms with Crippen LogP contribution in [0.1, 0.15) is 25.8 Å². The van der Waals surface area contributed by atoms with Crippen LogP contribution in [-0.2, 0) is 16.0 Å². The first-order valence-electron chi connectivity index (χ1n) is 7.21. The van der Waals surface area contributed by atoms with Crippen LogP contribution in [0.2, 0.25) is 0 Å². The lowest BCUT2D eigenvalue weighted by molar-refractivity contribution is -0.151. The summed E-state index contributed by atoms with van der Waals surface area (Å²) >= 11 is 0. The smallest absolute Gasteiger partial charge is 0.311 e. The van der Waals surface area contributed by atoms with E-state index >= 15 is 0 Å². The average Bonchev–Trinajstić information content (AvgIpc) is 2.85. The van der Waals surface area contributed by atoms with Crippen molar-refractivity contribution < 1.29 is 14.7 Å². The van der Waals surface area contributed by atoms with Gasteiger partial charge < -0.3 is 15.7 Å². The molecule has 0 aromatic heterocycles. The number of carboxylic acid groups (broad SMARTS) is 1. The van der Waals surface area contributed by atoms with E-state index < -0.39 is 11.4 Å². The van der Waals surface area contributed by atoms with Crippen LogP contribution < -0.4 is 5.73 Å². The van der Waals surface area contributed by atoms with Crippen LogP contribution in [0.15, 0.2) is 24.3 Å². The summed E-state index contributed by atoms with van der Waals surface area (Å²) < 4.78 is 0. The van der Waals surface area contributed by atoms with Crippen molar-refractivity contribution in [3.63, 3.8) is 0 Å². The summed E-state index contributed by atoms with van der Waals surface area (Å²) in [6, 6.07) is 7.23. The Labute approximate surface area is 124 Å². The van der Waals surface area contributed by atoms with E-state index in [-0.39, 0.29) is 18.2 Å². The first-order valence-corrected chi connectivity index (χ1v) is 7.21. The molecule has 0 bridgehead atoms. The second-order valence-electron chi connectivity index (χ2n) is 6.10. The summed E-state index contributed by atoms with van der Waals surface area (Å²) in [4.78, 5) is 25.6. The third kappa shape index (κ3) is 3.01. The van der Waals surface area contributed by atoms with Gasteiger partial charge in [0.2, 0.25) is 5.91 Å².